The Morgan fingerprint density at radius 3 is 1.12 bits per heavy atom. The van der Waals surface area contributed by atoms with E-state index >= 15 is 0 Å². The summed E-state index contributed by atoms with van der Waals surface area (Å²) >= 11 is 0. The first-order chi connectivity index (χ1) is 2.64. The summed E-state index contributed by atoms with van der Waals surface area (Å²) < 4.78 is 0. The number of carboxylic acid groups (broad SMARTS) is 2. The molecule has 4 nitrogen and oxygen atoms in total. The molecular formula is C2H4CaO4Ti. The summed E-state index contributed by atoms with van der Waals surface area (Å²) in [5.74, 6) is -3.65. The fourth-order valence-corrected chi connectivity index (χ4v) is 0. The first kappa shape index (κ1) is 16.0. The van der Waals surface area contributed by atoms with Gasteiger partial charge in [-0.05, 0) is 0 Å². The predicted octanol–water partition coefficient (Wildman–Crippen LogP) is -1.76. The minimum Gasteiger partial charge on any atom is 0 e. The third kappa shape index (κ3) is 10.0. The van der Waals surface area contributed by atoms with E-state index in [1.54, 1.807) is 0 Å². The standard InChI is InChI=1S/C2H2O4.Ca.Ti.2H/c3-1(4)2(5)6;;;;/h(H,3,4)(H,5,6);;;;. The van der Waals surface area contributed by atoms with E-state index < -0.39 is 11.9 Å². The zero-order valence-electron chi connectivity index (χ0n) is 3.21. The topological polar surface area (TPSA) is 74.6 Å². The van der Waals surface area contributed by atoms with Crippen LogP contribution < -0.4 is 0 Å². The summed E-state index contributed by atoms with van der Waals surface area (Å²) in [6, 6.07) is 0. The summed E-state index contributed by atoms with van der Waals surface area (Å²) in [7, 11) is 0. The molecule has 0 aliphatic heterocycles. The molecule has 6 heteroatoms. The van der Waals surface area contributed by atoms with Crippen molar-refractivity contribution in [2.24, 2.45) is 0 Å². The SMILES string of the molecule is O=C(O)C(=O)O.[CaH2].[Ti]. The molecule has 0 heterocycles. The summed E-state index contributed by atoms with van der Waals surface area (Å²) in [5, 5.41) is 14.8. The number of rotatable bonds is 0. The molecule has 0 saturated heterocycles. The third-order valence-electron chi connectivity index (χ3n) is 0.183. The molecular weight excluding hydrogens is 176 g/mol. The molecule has 0 aliphatic rings. The fourth-order valence-electron chi connectivity index (χ4n) is 0. The van der Waals surface area contributed by atoms with Gasteiger partial charge in [-0.1, -0.05) is 0 Å². The smallest absolute Gasteiger partial charge is 0 e. The Kier molecular flexibility index (Phi) is 15.8. The van der Waals surface area contributed by atoms with Crippen LogP contribution in [0.25, 0.3) is 0 Å². The average Bonchev–Trinajstić information content (AvgIpc) is 1.36. The van der Waals surface area contributed by atoms with Crippen LogP contribution in [0.2, 0.25) is 0 Å². The van der Waals surface area contributed by atoms with Gasteiger partial charge in [0.2, 0.25) is 0 Å². The molecule has 0 atom stereocenters. The van der Waals surface area contributed by atoms with Gasteiger partial charge in [-0.2, -0.15) is 0 Å². The largest absolute Gasteiger partial charge is 0 e. The molecule has 8 heavy (non-hydrogen) atoms. The van der Waals surface area contributed by atoms with Crippen LogP contribution in [0.3, 0.4) is 0 Å². The summed E-state index contributed by atoms with van der Waals surface area (Å²) in [5.41, 5.74) is 0. The quantitative estimate of drug-likeness (QED) is 0.342. The van der Waals surface area contributed by atoms with Crippen molar-refractivity contribution >= 4 is 49.7 Å². The monoisotopic (exact) mass is 180 g/mol. The zero-order valence-corrected chi connectivity index (χ0v) is 4.77. The van der Waals surface area contributed by atoms with Crippen LogP contribution in [0.1, 0.15) is 0 Å². The molecule has 0 rings (SSSR count). The van der Waals surface area contributed by atoms with Crippen molar-refractivity contribution in [1.82, 2.24) is 0 Å². The van der Waals surface area contributed by atoms with Crippen LogP contribution >= 0.6 is 0 Å². The number of hydrogen-bond acceptors (Lipinski definition) is 2. The number of hydrogen-bond donors (Lipinski definition) is 2. The van der Waals surface area contributed by atoms with E-state index in [0.29, 0.717) is 0 Å². The first-order valence-corrected chi connectivity index (χ1v) is 1.11. The van der Waals surface area contributed by atoms with Gasteiger partial charge in [0.05, 0.1) is 0 Å². The van der Waals surface area contributed by atoms with E-state index in [1.165, 1.54) is 0 Å². The van der Waals surface area contributed by atoms with E-state index in [4.69, 9.17) is 19.8 Å². The van der Waals surface area contributed by atoms with E-state index in [9.17, 15) is 0 Å². The Hall–Kier alpha value is 0.914. The number of carbonyl (C=O) groups is 2. The maximum Gasteiger partial charge on any atom is 0 e. The molecule has 2 N–H and O–H groups in total. The zero-order chi connectivity index (χ0) is 5.15. The van der Waals surface area contributed by atoms with Crippen LogP contribution in [0.4, 0.5) is 0 Å². The third-order valence-corrected chi connectivity index (χ3v) is 0.183. The van der Waals surface area contributed by atoms with E-state index in [2.05, 4.69) is 0 Å². The van der Waals surface area contributed by atoms with Gasteiger partial charge >= 0.3 is 49.7 Å². The van der Waals surface area contributed by atoms with Crippen molar-refractivity contribution in [2.45, 2.75) is 0 Å². The van der Waals surface area contributed by atoms with Crippen molar-refractivity contribution in [1.29, 1.82) is 0 Å². The molecule has 42 valence electrons. The van der Waals surface area contributed by atoms with Gasteiger partial charge in [0.1, 0.15) is 0 Å². The van der Waals surface area contributed by atoms with Crippen LogP contribution in [0.5, 0.6) is 0 Å². The number of aliphatic carboxylic acids is 2. The molecule has 0 bridgehead atoms. The van der Waals surface area contributed by atoms with Crippen molar-refractivity contribution in [3.05, 3.63) is 0 Å². The molecule has 0 fully saturated rings. The average molecular weight is 180 g/mol. The maximum atomic E-state index is 9.10. The van der Waals surface area contributed by atoms with Crippen LogP contribution in [-0.4, -0.2) is 59.9 Å². The second-order valence-corrected chi connectivity index (χ2v) is 0.610. The van der Waals surface area contributed by atoms with Gasteiger partial charge in [-0.25, -0.2) is 9.59 Å². The first-order valence-electron chi connectivity index (χ1n) is 1.11. The summed E-state index contributed by atoms with van der Waals surface area (Å²) in [6.07, 6.45) is 0. The molecule has 0 spiro atoms. The minimum atomic E-state index is -1.82. The molecule has 0 unspecified atom stereocenters. The Bertz CT molecular complexity index is 80.0. The Balaban J connectivity index is -0.000000125. The van der Waals surface area contributed by atoms with E-state index in [1.807, 2.05) is 0 Å². The Morgan fingerprint density at radius 2 is 1.12 bits per heavy atom. The summed E-state index contributed by atoms with van der Waals surface area (Å²) in [4.78, 5) is 18.2. The van der Waals surface area contributed by atoms with Gasteiger partial charge < -0.3 is 10.2 Å². The molecule has 0 aromatic rings. The number of carboxylic acids is 2. The molecule has 0 aromatic heterocycles. The van der Waals surface area contributed by atoms with Crippen molar-refractivity contribution < 1.29 is 41.5 Å². The Labute approximate surface area is 90.1 Å². The van der Waals surface area contributed by atoms with E-state index in [0.717, 1.165) is 0 Å². The van der Waals surface area contributed by atoms with Gasteiger partial charge in [-0.15, -0.1) is 0 Å². The van der Waals surface area contributed by atoms with Gasteiger partial charge in [0.15, 0.2) is 0 Å². The normalized spacial score (nSPS) is 5.50. The predicted molar refractivity (Wildman–Crippen MR) is 23.8 cm³/mol. The van der Waals surface area contributed by atoms with Gasteiger partial charge in [0.25, 0.3) is 0 Å². The Morgan fingerprint density at radius 1 is 1.00 bits per heavy atom. The molecule has 0 aromatic carbocycles. The van der Waals surface area contributed by atoms with E-state index in [-0.39, 0.29) is 59.5 Å². The molecule has 0 amide bonds. The van der Waals surface area contributed by atoms with Crippen molar-refractivity contribution in [3.8, 4) is 0 Å². The van der Waals surface area contributed by atoms with Crippen molar-refractivity contribution in [2.75, 3.05) is 0 Å². The van der Waals surface area contributed by atoms with Crippen LogP contribution in [-0.2, 0) is 31.3 Å². The minimum absolute atomic E-state index is 0. The van der Waals surface area contributed by atoms with Gasteiger partial charge in [0, 0.05) is 21.7 Å². The fraction of sp³-hybridized carbons (Fsp3) is 0. The molecule has 0 saturated carbocycles. The second-order valence-electron chi connectivity index (χ2n) is 0.610. The maximum absolute atomic E-state index is 9.10. The summed E-state index contributed by atoms with van der Waals surface area (Å²) in [6.45, 7) is 0. The molecule has 0 aliphatic carbocycles. The van der Waals surface area contributed by atoms with Crippen LogP contribution in [0.15, 0.2) is 0 Å². The van der Waals surface area contributed by atoms with Gasteiger partial charge in [-0.3, -0.25) is 0 Å². The van der Waals surface area contributed by atoms with Crippen molar-refractivity contribution in [3.63, 3.8) is 0 Å². The second kappa shape index (κ2) is 7.91. The van der Waals surface area contributed by atoms with Crippen LogP contribution in [0, 0.1) is 0 Å². The molecule has 0 radical (unpaired) electrons.